The van der Waals surface area contributed by atoms with Gasteiger partial charge in [0.15, 0.2) is 0 Å². The van der Waals surface area contributed by atoms with E-state index < -0.39 is 6.10 Å². The molecule has 6 heteroatoms. The normalized spacial score (nSPS) is 12.7. The summed E-state index contributed by atoms with van der Waals surface area (Å²) in [6.45, 7) is 13.6. The summed E-state index contributed by atoms with van der Waals surface area (Å²) in [4.78, 5) is 21.2. The number of allylic oxidation sites excluding steroid dienone is 1. The molecule has 0 fully saturated rings. The van der Waals surface area contributed by atoms with Gasteiger partial charge in [0.2, 0.25) is 5.91 Å². The number of nitrogens with one attached hydrogen (secondary N) is 1. The van der Waals surface area contributed by atoms with Gasteiger partial charge in [-0.2, -0.15) is 0 Å². The highest BCUT2D eigenvalue weighted by molar-refractivity contribution is 5.83. The number of aromatic nitrogens is 1. The van der Waals surface area contributed by atoms with E-state index in [4.69, 9.17) is 4.74 Å². The number of hydrogen-bond donors (Lipinski definition) is 2. The van der Waals surface area contributed by atoms with E-state index >= 15 is 0 Å². The van der Waals surface area contributed by atoms with Crippen LogP contribution in [0.15, 0.2) is 67.4 Å². The van der Waals surface area contributed by atoms with E-state index in [1.807, 2.05) is 17.0 Å². The third kappa shape index (κ3) is 9.64. The van der Waals surface area contributed by atoms with Crippen molar-refractivity contribution in [3.63, 3.8) is 0 Å². The van der Waals surface area contributed by atoms with E-state index in [1.165, 1.54) is 16.5 Å². The topological polar surface area (TPSA) is 68.8 Å². The maximum atomic E-state index is 13.8. The fourth-order valence-corrected chi connectivity index (χ4v) is 4.87. The number of aliphatic hydroxyl groups is 1. The Kier molecular flexibility index (Phi) is 11.8. The van der Waals surface area contributed by atoms with Gasteiger partial charge < -0.3 is 19.7 Å². The Hall–Kier alpha value is -2.93. The number of fused-ring (bicyclic) bond motifs is 1. The SMILES string of the molecule is C=CCCC(O)CN(CCCOC)CC(=O)N(CCc1c[nH]c2ccccc12)Cc1ccc(C(C)(C)C)cc1. The average molecular weight is 534 g/mol. The second-order valence-electron chi connectivity index (χ2n) is 11.5. The zero-order valence-corrected chi connectivity index (χ0v) is 24.3. The maximum Gasteiger partial charge on any atom is 0.237 e. The lowest BCUT2D eigenvalue weighted by Crippen LogP contribution is -2.44. The van der Waals surface area contributed by atoms with Crippen molar-refractivity contribution in [1.82, 2.24) is 14.8 Å². The van der Waals surface area contributed by atoms with Gasteiger partial charge in [-0.05, 0) is 53.9 Å². The van der Waals surface area contributed by atoms with E-state index in [0.717, 1.165) is 30.3 Å². The second kappa shape index (κ2) is 15.0. The van der Waals surface area contributed by atoms with Gasteiger partial charge in [-0.3, -0.25) is 9.69 Å². The van der Waals surface area contributed by atoms with E-state index in [0.29, 0.717) is 39.2 Å². The Morgan fingerprint density at radius 2 is 1.87 bits per heavy atom. The third-order valence-electron chi connectivity index (χ3n) is 7.23. The highest BCUT2D eigenvalue weighted by atomic mass is 16.5. The summed E-state index contributed by atoms with van der Waals surface area (Å²) in [5.74, 6) is 0.0723. The molecule has 39 heavy (non-hydrogen) atoms. The van der Waals surface area contributed by atoms with Crippen molar-refractivity contribution < 1.29 is 14.6 Å². The van der Waals surface area contributed by atoms with Crippen LogP contribution in [0.3, 0.4) is 0 Å². The molecule has 1 unspecified atom stereocenters. The van der Waals surface area contributed by atoms with Crippen LogP contribution in [-0.2, 0) is 27.9 Å². The number of amides is 1. The molecule has 212 valence electrons. The van der Waals surface area contributed by atoms with E-state index in [2.05, 4.69) is 85.9 Å². The third-order valence-corrected chi connectivity index (χ3v) is 7.23. The Morgan fingerprint density at radius 1 is 1.13 bits per heavy atom. The molecular weight excluding hydrogens is 486 g/mol. The molecule has 0 aliphatic carbocycles. The molecule has 0 spiro atoms. The number of rotatable bonds is 16. The Labute approximate surface area is 234 Å². The number of methoxy groups -OCH3 is 1. The Morgan fingerprint density at radius 3 is 2.56 bits per heavy atom. The molecule has 2 aromatic carbocycles. The van der Waals surface area contributed by atoms with E-state index in [-0.39, 0.29) is 17.9 Å². The van der Waals surface area contributed by atoms with Crippen LogP contribution in [0.4, 0.5) is 0 Å². The number of hydrogen-bond acceptors (Lipinski definition) is 4. The molecule has 0 saturated carbocycles. The number of nitrogens with zero attached hydrogens (tertiary/aromatic N) is 2. The summed E-state index contributed by atoms with van der Waals surface area (Å²) in [6, 6.07) is 16.9. The Balaban J connectivity index is 1.76. The quantitative estimate of drug-likeness (QED) is 0.183. The first-order valence-corrected chi connectivity index (χ1v) is 14.1. The predicted octanol–water partition coefficient (Wildman–Crippen LogP) is 5.70. The number of benzene rings is 2. The predicted molar refractivity (Wildman–Crippen MR) is 161 cm³/mol. The number of carbonyl (C=O) groups is 1. The van der Waals surface area contributed by atoms with Gasteiger partial charge in [0.25, 0.3) is 0 Å². The molecule has 3 rings (SSSR count). The highest BCUT2D eigenvalue weighted by Gasteiger charge is 2.21. The van der Waals surface area contributed by atoms with Crippen LogP contribution in [0.5, 0.6) is 0 Å². The summed E-state index contributed by atoms with van der Waals surface area (Å²) in [5.41, 5.74) is 4.80. The minimum atomic E-state index is -0.497. The van der Waals surface area contributed by atoms with Crippen LogP contribution < -0.4 is 0 Å². The van der Waals surface area contributed by atoms with Crippen LogP contribution in [0.25, 0.3) is 10.9 Å². The number of aromatic amines is 1. The first kappa shape index (κ1) is 30.6. The fourth-order valence-electron chi connectivity index (χ4n) is 4.87. The number of para-hydroxylation sites is 1. The van der Waals surface area contributed by atoms with Crippen molar-refractivity contribution in [1.29, 1.82) is 0 Å². The lowest BCUT2D eigenvalue weighted by atomic mass is 9.87. The summed E-state index contributed by atoms with van der Waals surface area (Å²) in [7, 11) is 1.69. The molecule has 1 heterocycles. The lowest BCUT2D eigenvalue weighted by Gasteiger charge is -2.29. The summed E-state index contributed by atoms with van der Waals surface area (Å²) >= 11 is 0. The zero-order chi connectivity index (χ0) is 28.3. The van der Waals surface area contributed by atoms with Gasteiger partial charge in [-0.25, -0.2) is 0 Å². The van der Waals surface area contributed by atoms with Gasteiger partial charge in [-0.15, -0.1) is 6.58 Å². The molecule has 1 aromatic heterocycles. The van der Waals surface area contributed by atoms with E-state index in [9.17, 15) is 9.90 Å². The molecule has 0 saturated heterocycles. The second-order valence-corrected chi connectivity index (χ2v) is 11.5. The van der Waals surface area contributed by atoms with Crippen LogP contribution in [0, 0.1) is 0 Å². The minimum absolute atomic E-state index is 0.0723. The number of H-pyrrole nitrogens is 1. The number of aliphatic hydroxyl groups excluding tert-OH is 1. The van der Waals surface area contributed by atoms with Crippen LogP contribution >= 0.6 is 0 Å². The maximum absolute atomic E-state index is 13.8. The van der Waals surface area contributed by atoms with Crippen molar-refractivity contribution in [2.24, 2.45) is 0 Å². The van der Waals surface area contributed by atoms with Crippen molar-refractivity contribution >= 4 is 16.8 Å². The smallest absolute Gasteiger partial charge is 0.237 e. The molecule has 0 radical (unpaired) electrons. The Bertz CT molecular complexity index is 1160. The molecule has 0 bridgehead atoms. The first-order valence-electron chi connectivity index (χ1n) is 14.1. The van der Waals surface area contributed by atoms with Crippen LogP contribution in [0.1, 0.15) is 56.7 Å². The molecule has 3 aromatic rings. The molecule has 1 atom stereocenters. The fraction of sp³-hybridized carbons (Fsp3) is 0.485. The highest BCUT2D eigenvalue weighted by Crippen LogP contribution is 2.23. The molecule has 2 N–H and O–H groups in total. The standard InChI is InChI=1S/C33H47N3O3/c1-6-7-11-29(37)24-35(19-10-21-39-5)25-32(38)36(23-26-14-16-28(17-15-26)33(2,3)4)20-18-27-22-34-31-13-9-8-12-30(27)31/h6,8-9,12-17,22,29,34,37H,1,7,10-11,18-21,23-25H2,2-5H3. The zero-order valence-electron chi connectivity index (χ0n) is 24.3. The van der Waals surface area contributed by atoms with Gasteiger partial charge >= 0.3 is 0 Å². The van der Waals surface area contributed by atoms with Crippen molar-refractivity contribution in [2.45, 2.75) is 64.5 Å². The molecule has 0 aliphatic rings. The average Bonchev–Trinajstić information content (AvgIpc) is 3.32. The largest absolute Gasteiger partial charge is 0.392 e. The van der Waals surface area contributed by atoms with E-state index in [1.54, 1.807) is 7.11 Å². The van der Waals surface area contributed by atoms with Crippen LogP contribution in [-0.4, -0.2) is 71.8 Å². The molecule has 1 amide bonds. The monoisotopic (exact) mass is 533 g/mol. The van der Waals surface area contributed by atoms with Crippen LogP contribution in [0.2, 0.25) is 0 Å². The van der Waals surface area contributed by atoms with Crippen molar-refractivity contribution in [2.75, 3.05) is 39.9 Å². The minimum Gasteiger partial charge on any atom is -0.392 e. The summed E-state index contributed by atoms with van der Waals surface area (Å²) < 4.78 is 5.24. The van der Waals surface area contributed by atoms with Gasteiger partial charge in [0.05, 0.1) is 12.6 Å². The molecule has 6 nitrogen and oxygen atoms in total. The first-order chi connectivity index (χ1) is 18.7. The van der Waals surface area contributed by atoms with Crippen molar-refractivity contribution in [3.8, 4) is 0 Å². The molecule has 0 aliphatic heterocycles. The van der Waals surface area contributed by atoms with Gasteiger partial charge in [0.1, 0.15) is 0 Å². The molecular formula is C33H47N3O3. The summed E-state index contributed by atoms with van der Waals surface area (Å²) in [6.07, 6.45) is 6.34. The van der Waals surface area contributed by atoms with Gasteiger partial charge in [0, 0.05) is 57.0 Å². The number of ether oxygens (including phenoxy) is 1. The number of carbonyl (C=O) groups excluding carboxylic acids is 1. The summed E-state index contributed by atoms with van der Waals surface area (Å²) in [5, 5.41) is 11.8. The van der Waals surface area contributed by atoms with Crippen molar-refractivity contribution in [3.05, 3.63) is 84.1 Å². The lowest BCUT2D eigenvalue weighted by molar-refractivity contribution is -0.133. The van der Waals surface area contributed by atoms with Gasteiger partial charge in [-0.1, -0.05) is 69.3 Å².